The molecule has 4 nitrogen and oxygen atoms in total. The normalized spacial score (nSPS) is 11.3. The van der Waals surface area contributed by atoms with Gasteiger partial charge in [0.1, 0.15) is 5.82 Å². The lowest BCUT2D eigenvalue weighted by Gasteiger charge is -2.06. The van der Waals surface area contributed by atoms with E-state index in [-0.39, 0.29) is 36.6 Å². The number of halogens is 4. The number of hydrogen-bond acceptors (Lipinski definition) is 2. The van der Waals surface area contributed by atoms with Crippen molar-refractivity contribution in [2.75, 3.05) is 5.73 Å². The fourth-order valence-electron chi connectivity index (χ4n) is 1.95. The Kier molecular flexibility index (Phi) is 4.54. The molecule has 8 heteroatoms. The summed E-state index contributed by atoms with van der Waals surface area (Å²) in [5, 5.41) is 9.15. The molecule has 1 aromatic heterocycles. The summed E-state index contributed by atoms with van der Waals surface area (Å²) in [7, 11) is 0. The van der Waals surface area contributed by atoms with Gasteiger partial charge in [-0.3, -0.25) is 4.79 Å². The van der Waals surface area contributed by atoms with Crippen LogP contribution in [-0.2, 0) is 17.4 Å². The second kappa shape index (κ2) is 5.62. The Morgan fingerprint density at radius 3 is 2.55 bits per heavy atom. The molecule has 110 valence electrons. The molecule has 1 aromatic carbocycles. The molecule has 20 heavy (non-hydrogen) atoms. The predicted octanol–water partition coefficient (Wildman–Crippen LogP) is 3.21. The van der Waals surface area contributed by atoms with Crippen molar-refractivity contribution in [2.45, 2.75) is 19.0 Å². The molecular weight excluding hydrogens is 297 g/mol. The maximum Gasteiger partial charge on any atom is 0.416 e. The minimum absolute atomic E-state index is 0. The smallest absolute Gasteiger partial charge is 0.416 e. The Labute approximate surface area is 118 Å². The van der Waals surface area contributed by atoms with Crippen LogP contribution in [0.25, 0.3) is 10.9 Å². The molecule has 0 aliphatic rings. The highest BCUT2D eigenvalue weighted by Crippen LogP contribution is 2.33. The summed E-state index contributed by atoms with van der Waals surface area (Å²) in [5.41, 5.74) is 5.69. The van der Waals surface area contributed by atoms with Crippen LogP contribution in [0.5, 0.6) is 0 Å². The number of benzene rings is 1. The number of carbonyl (C=O) groups is 1. The van der Waals surface area contributed by atoms with Gasteiger partial charge >= 0.3 is 12.1 Å². The largest absolute Gasteiger partial charge is 0.481 e. The van der Waals surface area contributed by atoms with Crippen molar-refractivity contribution in [1.82, 2.24) is 4.98 Å². The number of aliphatic carboxylic acids is 1. The van der Waals surface area contributed by atoms with E-state index in [1.807, 2.05) is 0 Å². The average Bonchev–Trinajstić information content (AvgIpc) is 2.59. The van der Waals surface area contributed by atoms with Crippen LogP contribution < -0.4 is 5.73 Å². The molecule has 0 radical (unpaired) electrons. The van der Waals surface area contributed by atoms with Crippen LogP contribution in [0.1, 0.15) is 17.5 Å². The topological polar surface area (TPSA) is 79.1 Å². The van der Waals surface area contributed by atoms with Gasteiger partial charge in [0, 0.05) is 22.9 Å². The third-order valence-corrected chi connectivity index (χ3v) is 2.86. The number of hydrogen-bond donors (Lipinski definition) is 3. The van der Waals surface area contributed by atoms with Gasteiger partial charge in [0.15, 0.2) is 0 Å². The Morgan fingerprint density at radius 1 is 1.35 bits per heavy atom. The highest BCUT2D eigenvalue weighted by Gasteiger charge is 2.30. The van der Waals surface area contributed by atoms with Gasteiger partial charge in [-0.05, 0) is 18.6 Å². The van der Waals surface area contributed by atoms with Crippen LogP contribution in [0.2, 0.25) is 0 Å². The molecule has 0 atom stereocenters. The van der Waals surface area contributed by atoms with Crippen LogP contribution in [0.4, 0.5) is 19.0 Å². The predicted molar refractivity (Wildman–Crippen MR) is 70.9 cm³/mol. The zero-order valence-corrected chi connectivity index (χ0v) is 10.9. The van der Waals surface area contributed by atoms with Gasteiger partial charge in [-0.2, -0.15) is 13.2 Å². The van der Waals surface area contributed by atoms with E-state index in [1.165, 1.54) is 6.07 Å². The maximum atomic E-state index is 12.6. The van der Waals surface area contributed by atoms with E-state index in [0.717, 1.165) is 12.1 Å². The molecule has 0 bridgehead atoms. The highest BCUT2D eigenvalue weighted by atomic mass is 35.5. The van der Waals surface area contributed by atoms with Crippen LogP contribution in [-0.4, -0.2) is 16.1 Å². The summed E-state index contributed by atoms with van der Waals surface area (Å²) in [5.74, 6) is -0.781. The summed E-state index contributed by atoms with van der Waals surface area (Å²) < 4.78 is 37.7. The Morgan fingerprint density at radius 2 is 2.00 bits per heavy atom. The molecule has 0 amide bonds. The van der Waals surface area contributed by atoms with Gasteiger partial charge in [-0.25, -0.2) is 0 Å². The van der Waals surface area contributed by atoms with Crippen molar-refractivity contribution in [3.05, 3.63) is 29.3 Å². The van der Waals surface area contributed by atoms with E-state index >= 15 is 0 Å². The fraction of sp³-hybridized carbons (Fsp3) is 0.250. The third-order valence-electron chi connectivity index (χ3n) is 2.86. The van der Waals surface area contributed by atoms with E-state index in [0.29, 0.717) is 10.9 Å². The molecule has 0 spiro atoms. The number of nitrogens with one attached hydrogen (secondary N) is 1. The zero-order valence-electron chi connectivity index (χ0n) is 10.1. The average molecular weight is 309 g/mol. The number of nitrogens with two attached hydrogens (primary N) is 1. The first-order valence-corrected chi connectivity index (χ1v) is 5.48. The van der Waals surface area contributed by atoms with Gasteiger partial charge in [-0.15, -0.1) is 12.4 Å². The van der Waals surface area contributed by atoms with Crippen LogP contribution >= 0.6 is 12.4 Å². The van der Waals surface area contributed by atoms with Gasteiger partial charge < -0.3 is 15.8 Å². The van der Waals surface area contributed by atoms with Gasteiger partial charge in [0.2, 0.25) is 0 Å². The number of H-pyrrole nitrogens is 1. The molecule has 0 fully saturated rings. The first kappa shape index (κ1) is 16.2. The monoisotopic (exact) mass is 308 g/mol. The number of rotatable bonds is 3. The minimum atomic E-state index is -4.42. The second-order valence-electron chi connectivity index (χ2n) is 4.17. The van der Waals surface area contributed by atoms with Crippen LogP contribution in [0, 0.1) is 0 Å². The van der Waals surface area contributed by atoms with Crippen molar-refractivity contribution in [3.63, 3.8) is 0 Å². The molecule has 0 unspecified atom stereocenters. The van der Waals surface area contributed by atoms with E-state index in [1.54, 1.807) is 0 Å². The molecule has 2 aromatic rings. The van der Waals surface area contributed by atoms with Crippen molar-refractivity contribution in [2.24, 2.45) is 0 Å². The van der Waals surface area contributed by atoms with Gasteiger partial charge in [-0.1, -0.05) is 6.07 Å². The number of carboxylic acid groups (broad SMARTS) is 1. The van der Waals surface area contributed by atoms with E-state index < -0.39 is 17.7 Å². The molecule has 4 N–H and O–H groups in total. The lowest BCUT2D eigenvalue weighted by atomic mass is 10.1. The summed E-state index contributed by atoms with van der Waals surface area (Å²) in [6.45, 7) is 0. The lowest BCUT2D eigenvalue weighted by molar-refractivity contribution is -0.138. The first-order valence-electron chi connectivity index (χ1n) is 5.48. The molecule has 1 heterocycles. The molecule has 0 saturated carbocycles. The Bertz CT molecular complexity index is 637. The van der Waals surface area contributed by atoms with Crippen molar-refractivity contribution >= 4 is 35.1 Å². The van der Waals surface area contributed by atoms with Crippen LogP contribution in [0.3, 0.4) is 0 Å². The maximum absolute atomic E-state index is 12.6. The van der Waals surface area contributed by atoms with E-state index in [2.05, 4.69) is 4.98 Å². The third kappa shape index (κ3) is 3.16. The molecule has 0 saturated heterocycles. The van der Waals surface area contributed by atoms with Gasteiger partial charge in [0.25, 0.3) is 0 Å². The summed E-state index contributed by atoms with van der Waals surface area (Å²) in [6.07, 6.45) is -4.38. The van der Waals surface area contributed by atoms with Gasteiger partial charge in [0.05, 0.1) is 5.56 Å². The number of aromatic amines is 1. The van der Waals surface area contributed by atoms with Crippen molar-refractivity contribution in [3.8, 4) is 0 Å². The summed E-state index contributed by atoms with van der Waals surface area (Å²) >= 11 is 0. The van der Waals surface area contributed by atoms with Crippen LogP contribution in [0.15, 0.2) is 18.2 Å². The first-order chi connectivity index (χ1) is 8.79. The lowest BCUT2D eigenvalue weighted by Crippen LogP contribution is -2.04. The number of carboxylic acids is 1. The molecule has 0 aliphatic carbocycles. The number of alkyl halides is 3. The number of anilines is 1. The molecular formula is C12H12ClF3N2O2. The number of aromatic nitrogens is 1. The van der Waals surface area contributed by atoms with Crippen molar-refractivity contribution < 1.29 is 23.1 Å². The minimum Gasteiger partial charge on any atom is -0.481 e. The molecule has 0 aliphatic heterocycles. The van der Waals surface area contributed by atoms with Crippen molar-refractivity contribution in [1.29, 1.82) is 0 Å². The summed E-state index contributed by atoms with van der Waals surface area (Å²) in [6, 6.07) is 3.23. The number of fused-ring (bicyclic) bond motifs is 1. The highest BCUT2D eigenvalue weighted by molar-refractivity contribution is 5.89. The quantitative estimate of drug-likeness (QED) is 0.814. The number of nitrogen functional groups attached to an aromatic ring is 1. The Hall–Kier alpha value is -1.89. The SMILES string of the molecule is Cl.Nc1[nH]c2cc(C(F)(F)F)ccc2c1CCC(=O)O. The number of aryl methyl sites for hydroxylation is 1. The zero-order chi connectivity index (χ0) is 14.2. The van der Waals surface area contributed by atoms with E-state index in [4.69, 9.17) is 10.8 Å². The summed E-state index contributed by atoms with van der Waals surface area (Å²) in [4.78, 5) is 13.2. The Balaban J connectivity index is 0.00000200. The standard InChI is InChI=1S/C12H11F3N2O2.ClH/c13-12(14,15)6-1-2-7-8(3-4-10(18)19)11(16)17-9(7)5-6;/h1-2,5,17H,3-4,16H2,(H,18,19);1H. The molecule has 2 rings (SSSR count). The second-order valence-corrected chi connectivity index (χ2v) is 4.17. The fourth-order valence-corrected chi connectivity index (χ4v) is 1.95. The van der Waals surface area contributed by atoms with E-state index in [9.17, 15) is 18.0 Å².